The SMILES string of the molecule is CCCCOC(=O)CSc1nnc(CCC(N)=O)n1Cc1ccco1. The van der Waals surface area contributed by atoms with Gasteiger partial charge in [-0.2, -0.15) is 0 Å². The molecule has 2 N–H and O–H groups in total. The predicted octanol–water partition coefficient (Wildman–Crippen LogP) is 1.77. The molecule has 8 nitrogen and oxygen atoms in total. The number of unbranched alkanes of at least 4 members (excludes halogenated alkanes) is 1. The highest BCUT2D eigenvalue weighted by Crippen LogP contribution is 2.20. The molecule has 0 aromatic carbocycles. The summed E-state index contributed by atoms with van der Waals surface area (Å²) in [5.41, 5.74) is 5.21. The van der Waals surface area contributed by atoms with Gasteiger partial charge in [0, 0.05) is 12.8 Å². The van der Waals surface area contributed by atoms with Crippen molar-refractivity contribution in [1.29, 1.82) is 0 Å². The Bertz CT molecular complexity index is 684. The van der Waals surface area contributed by atoms with E-state index in [1.54, 1.807) is 12.3 Å². The summed E-state index contributed by atoms with van der Waals surface area (Å²) in [7, 11) is 0. The second-order valence-electron chi connectivity index (χ2n) is 5.39. The maximum Gasteiger partial charge on any atom is 0.316 e. The first-order chi connectivity index (χ1) is 12.1. The number of rotatable bonds is 11. The Balaban J connectivity index is 2.02. The van der Waals surface area contributed by atoms with E-state index in [1.807, 2.05) is 17.6 Å². The number of hydrogen-bond donors (Lipinski definition) is 1. The molecule has 0 saturated carbocycles. The van der Waals surface area contributed by atoms with E-state index in [9.17, 15) is 9.59 Å². The lowest BCUT2D eigenvalue weighted by Gasteiger charge is -2.08. The molecule has 0 aliphatic rings. The van der Waals surface area contributed by atoms with Crippen LogP contribution in [0.25, 0.3) is 0 Å². The number of furan rings is 1. The van der Waals surface area contributed by atoms with Crippen molar-refractivity contribution < 1.29 is 18.7 Å². The fourth-order valence-electron chi connectivity index (χ4n) is 2.06. The van der Waals surface area contributed by atoms with Crippen LogP contribution in [0.2, 0.25) is 0 Å². The van der Waals surface area contributed by atoms with Crippen LogP contribution in [-0.4, -0.2) is 39.0 Å². The number of aromatic nitrogens is 3. The van der Waals surface area contributed by atoms with Crippen LogP contribution in [0.15, 0.2) is 28.0 Å². The van der Waals surface area contributed by atoms with E-state index >= 15 is 0 Å². The Morgan fingerprint density at radius 2 is 2.24 bits per heavy atom. The van der Waals surface area contributed by atoms with Gasteiger partial charge in [0.15, 0.2) is 5.16 Å². The van der Waals surface area contributed by atoms with Crippen molar-refractivity contribution in [1.82, 2.24) is 14.8 Å². The Kier molecular flexibility index (Phi) is 7.52. The molecule has 9 heteroatoms. The van der Waals surface area contributed by atoms with Crippen molar-refractivity contribution in [2.24, 2.45) is 5.73 Å². The Morgan fingerprint density at radius 3 is 2.92 bits per heavy atom. The van der Waals surface area contributed by atoms with Crippen LogP contribution in [0.3, 0.4) is 0 Å². The molecule has 0 bridgehead atoms. The number of thioether (sulfide) groups is 1. The molecule has 1 amide bonds. The molecule has 0 aliphatic carbocycles. The summed E-state index contributed by atoms with van der Waals surface area (Å²) in [6.45, 7) is 2.88. The van der Waals surface area contributed by atoms with Crippen LogP contribution >= 0.6 is 11.8 Å². The Labute approximate surface area is 150 Å². The number of nitrogens with two attached hydrogens (primary N) is 1. The van der Waals surface area contributed by atoms with E-state index < -0.39 is 5.91 Å². The highest BCUT2D eigenvalue weighted by molar-refractivity contribution is 7.99. The molecular formula is C16H22N4O4S. The number of nitrogens with zero attached hydrogens (tertiary/aromatic N) is 3. The maximum atomic E-state index is 11.8. The van der Waals surface area contributed by atoms with Gasteiger partial charge in [-0.05, 0) is 18.6 Å². The van der Waals surface area contributed by atoms with E-state index in [1.165, 1.54) is 11.8 Å². The molecule has 0 aliphatic heterocycles. The van der Waals surface area contributed by atoms with Gasteiger partial charge in [-0.15, -0.1) is 10.2 Å². The summed E-state index contributed by atoms with van der Waals surface area (Å²) in [5, 5.41) is 8.80. The summed E-state index contributed by atoms with van der Waals surface area (Å²) in [6, 6.07) is 3.63. The minimum Gasteiger partial charge on any atom is -0.467 e. The summed E-state index contributed by atoms with van der Waals surface area (Å²) in [6.07, 6.45) is 3.97. The molecule has 0 radical (unpaired) electrons. The lowest BCUT2D eigenvalue weighted by molar-refractivity contribution is -0.140. The zero-order valence-electron chi connectivity index (χ0n) is 14.1. The highest BCUT2D eigenvalue weighted by Gasteiger charge is 2.16. The van der Waals surface area contributed by atoms with Gasteiger partial charge in [0.05, 0.1) is 25.2 Å². The van der Waals surface area contributed by atoms with Crippen molar-refractivity contribution in [3.05, 3.63) is 30.0 Å². The molecule has 2 aromatic heterocycles. The lowest BCUT2D eigenvalue weighted by atomic mass is 10.3. The number of carbonyl (C=O) groups excluding carboxylic acids is 2. The zero-order chi connectivity index (χ0) is 18.1. The molecule has 0 atom stereocenters. The van der Waals surface area contributed by atoms with Crippen LogP contribution < -0.4 is 5.73 Å². The molecule has 25 heavy (non-hydrogen) atoms. The Morgan fingerprint density at radius 1 is 1.40 bits per heavy atom. The van der Waals surface area contributed by atoms with Crippen molar-refractivity contribution in [3.63, 3.8) is 0 Å². The van der Waals surface area contributed by atoms with Crippen molar-refractivity contribution in [2.45, 2.75) is 44.3 Å². The Hall–Kier alpha value is -2.29. The first kappa shape index (κ1) is 19.0. The van der Waals surface area contributed by atoms with Crippen LogP contribution in [0.1, 0.15) is 37.8 Å². The first-order valence-corrected chi connectivity index (χ1v) is 9.10. The van der Waals surface area contributed by atoms with Crippen molar-refractivity contribution in [3.8, 4) is 0 Å². The number of ether oxygens (including phenoxy) is 1. The minimum absolute atomic E-state index is 0.149. The van der Waals surface area contributed by atoms with Crippen molar-refractivity contribution in [2.75, 3.05) is 12.4 Å². The third kappa shape index (κ3) is 6.26. The van der Waals surface area contributed by atoms with Crippen LogP contribution in [0, 0.1) is 0 Å². The quantitative estimate of drug-likeness (QED) is 0.366. The summed E-state index contributed by atoms with van der Waals surface area (Å²) >= 11 is 1.25. The largest absolute Gasteiger partial charge is 0.467 e. The molecule has 2 heterocycles. The van der Waals surface area contributed by atoms with Crippen LogP contribution in [0.5, 0.6) is 0 Å². The smallest absolute Gasteiger partial charge is 0.316 e. The summed E-state index contributed by atoms with van der Waals surface area (Å²) in [4.78, 5) is 22.8. The number of aryl methyl sites for hydroxylation is 1. The molecule has 0 unspecified atom stereocenters. The molecular weight excluding hydrogens is 344 g/mol. The predicted molar refractivity (Wildman–Crippen MR) is 91.9 cm³/mol. The van der Waals surface area contributed by atoms with E-state index in [-0.39, 0.29) is 18.1 Å². The average Bonchev–Trinajstić information content (AvgIpc) is 3.22. The van der Waals surface area contributed by atoms with Gasteiger partial charge in [-0.3, -0.25) is 14.2 Å². The topological polar surface area (TPSA) is 113 Å². The van der Waals surface area contributed by atoms with Gasteiger partial charge in [0.1, 0.15) is 11.6 Å². The fraction of sp³-hybridized carbons (Fsp3) is 0.500. The minimum atomic E-state index is -0.402. The molecule has 2 rings (SSSR count). The van der Waals surface area contributed by atoms with E-state index in [2.05, 4.69) is 10.2 Å². The van der Waals surface area contributed by atoms with Gasteiger partial charge < -0.3 is 14.9 Å². The monoisotopic (exact) mass is 366 g/mol. The number of hydrogen-bond acceptors (Lipinski definition) is 7. The van der Waals surface area contributed by atoms with Gasteiger partial charge in [0.2, 0.25) is 5.91 Å². The van der Waals surface area contributed by atoms with Crippen LogP contribution in [0.4, 0.5) is 0 Å². The van der Waals surface area contributed by atoms with E-state index in [0.717, 1.165) is 18.6 Å². The third-order valence-corrected chi connectivity index (χ3v) is 4.30. The standard InChI is InChI=1S/C16H22N4O4S/c1-2-3-8-24-15(22)11-25-16-19-18-14(7-6-13(17)21)20(16)10-12-5-4-9-23-12/h4-5,9H,2-3,6-8,10-11H2,1H3,(H2,17,21). The second kappa shape index (κ2) is 9.87. The molecule has 2 aromatic rings. The third-order valence-electron chi connectivity index (χ3n) is 3.36. The number of primary amides is 1. The molecule has 136 valence electrons. The molecule has 0 spiro atoms. The number of carbonyl (C=O) groups is 2. The van der Waals surface area contributed by atoms with Crippen LogP contribution in [-0.2, 0) is 27.3 Å². The first-order valence-electron chi connectivity index (χ1n) is 8.11. The van der Waals surface area contributed by atoms with E-state index in [0.29, 0.717) is 30.6 Å². The lowest BCUT2D eigenvalue weighted by Crippen LogP contribution is -2.14. The summed E-state index contributed by atoms with van der Waals surface area (Å²) in [5.74, 6) is 0.811. The second-order valence-corrected chi connectivity index (χ2v) is 6.34. The van der Waals surface area contributed by atoms with Gasteiger partial charge in [-0.1, -0.05) is 25.1 Å². The zero-order valence-corrected chi connectivity index (χ0v) is 15.0. The molecule has 0 saturated heterocycles. The summed E-state index contributed by atoms with van der Waals surface area (Å²) < 4.78 is 12.3. The number of amides is 1. The van der Waals surface area contributed by atoms with E-state index in [4.69, 9.17) is 14.9 Å². The maximum absolute atomic E-state index is 11.8. The number of esters is 1. The normalized spacial score (nSPS) is 10.8. The van der Waals surface area contributed by atoms with Gasteiger partial charge >= 0.3 is 5.97 Å². The van der Waals surface area contributed by atoms with Gasteiger partial charge in [0.25, 0.3) is 0 Å². The molecule has 0 fully saturated rings. The highest BCUT2D eigenvalue weighted by atomic mass is 32.2. The van der Waals surface area contributed by atoms with Gasteiger partial charge in [-0.25, -0.2) is 0 Å². The average molecular weight is 366 g/mol. The van der Waals surface area contributed by atoms with Crippen molar-refractivity contribution >= 4 is 23.6 Å². The fourth-order valence-corrected chi connectivity index (χ4v) is 2.81.